The Balaban J connectivity index is 1.58. The molecule has 1 atom stereocenters. The van der Waals surface area contributed by atoms with E-state index in [4.69, 9.17) is 0 Å². The first-order valence-electron chi connectivity index (χ1n) is 10.6. The zero-order valence-electron chi connectivity index (χ0n) is 17.9. The zero-order chi connectivity index (χ0) is 23.0. The minimum Gasteiger partial charge on any atom is -0.478 e. The molecule has 1 aromatic carbocycles. The predicted molar refractivity (Wildman–Crippen MR) is 121 cm³/mol. The lowest BCUT2D eigenvalue weighted by Crippen LogP contribution is -2.39. The van der Waals surface area contributed by atoms with Crippen LogP contribution in [0.4, 0.5) is 15.8 Å². The van der Waals surface area contributed by atoms with E-state index in [1.165, 1.54) is 12.1 Å². The molecule has 1 saturated carbocycles. The first-order valence-corrected chi connectivity index (χ1v) is 11.4. The Kier molecular flexibility index (Phi) is 6.13. The molecule has 170 valence electrons. The molecule has 1 fully saturated rings. The first-order chi connectivity index (χ1) is 15.2. The molecule has 32 heavy (non-hydrogen) atoms. The van der Waals surface area contributed by atoms with Gasteiger partial charge in [-0.3, -0.25) is 4.79 Å². The summed E-state index contributed by atoms with van der Waals surface area (Å²) < 4.78 is 13.7. The predicted octanol–water partition coefficient (Wildman–Crippen LogP) is 4.51. The molecule has 7 nitrogen and oxygen atoms in total. The van der Waals surface area contributed by atoms with Crippen LogP contribution >= 0.6 is 11.8 Å². The number of carboxylic acids is 1. The number of rotatable bonds is 5. The Morgan fingerprint density at radius 2 is 1.97 bits per heavy atom. The second-order valence-corrected chi connectivity index (χ2v) is 10.2. The van der Waals surface area contributed by atoms with Gasteiger partial charge in [0.2, 0.25) is 0 Å². The van der Waals surface area contributed by atoms with E-state index < -0.39 is 17.7 Å². The molecule has 1 unspecified atom stereocenters. The summed E-state index contributed by atoms with van der Waals surface area (Å²) in [5, 5.41) is 25.2. The molecule has 0 spiro atoms. The topological polar surface area (TPSA) is 112 Å². The highest BCUT2D eigenvalue weighted by Gasteiger charge is 2.42. The van der Waals surface area contributed by atoms with Gasteiger partial charge in [0, 0.05) is 29.0 Å². The van der Waals surface area contributed by atoms with Crippen molar-refractivity contribution in [2.24, 2.45) is 11.8 Å². The SMILES string of the molecule is Cc1cc(F)cc(C(=O)Nc2cc3c(cc2C(=O)O)NC(C)(C2CCC(CO)CC2)S3)n1. The summed E-state index contributed by atoms with van der Waals surface area (Å²) in [5.41, 5.74) is 1.06. The number of aryl methyl sites for hydroxylation is 1. The molecule has 0 saturated heterocycles. The number of carbonyl (C=O) groups excluding carboxylic acids is 1. The molecule has 1 aromatic heterocycles. The van der Waals surface area contributed by atoms with Crippen molar-refractivity contribution >= 4 is 35.0 Å². The smallest absolute Gasteiger partial charge is 0.337 e. The number of hydrogen-bond donors (Lipinski definition) is 4. The van der Waals surface area contributed by atoms with Gasteiger partial charge in [-0.15, -0.1) is 0 Å². The van der Waals surface area contributed by atoms with Crippen LogP contribution in [0.25, 0.3) is 0 Å². The van der Waals surface area contributed by atoms with Gasteiger partial charge >= 0.3 is 5.97 Å². The Morgan fingerprint density at radius 1 is 1.25 bits per heavy atom. The van der Waals surface area contributed by atoms with Gasteiger partial charge in [-0.25, -0.2) is 14.2 Å². The lowest BCUT2D eigenvalue weighted by atomic mass is 9.79. The highest BCUT2D eigenvalue weighted by atomic mass is 32.2. The van der Waals surface area contributed by atoms with Crippen molar-refractivity contribution in [2.45, 2.75) is 49.3 Å². The molecule has 0 radical (unpaired) electrons. The summed E-state index contributed by atoms with van der Waals surface area (Å²) in [5.74, 6) is -1.70. The molecule has 2 aliphatic rings. The van der Waals surface area contributed by atoms with Crippen molar-refractivity contribution in [3.8, 4) is 0 Å². The van der Waals surface area contributed by atoms with Gasteiger partial charge in [-0.05, 0) is 69.6 Å². The standard InChI is InChI=1S/C23H26FN3O4S/c1-12-7-15(24)8-19(25-12)21(29)26-17-10-20-18(9-16(17)22(30)31)27-23(2,32-20)14-5-3-13(11-28)4-6-14/h7-10,13-14,27-28H,3-6,11H2,1-2H3,(H,26,29)(H,30,31). The molecule has 0 bridgehead atoms. The van der Waals surface area contributed by atoms with Crippen LogP contribution < -0.4 is 10.6 Å². The fraction of sp³-hybridized carbons (Fsp3) is 0.435. The Morgan fingerprint density at radius 3 is 2.59 bits per heavy atom. The number of pyridine rings is 1. The first kappa shape index (κ1) is 22.5. The Bertz CT molecular complexity index is 1050. The third kappa shape index (κ3) is 4.45. The maximum Gasteiger partial charge on any atom is 0.337 e. The van der Waals surface area contributed by atoms with Crippen LogP contribution in [0.5, 0.6) is 0 Å². The number of nitrogens with zero attached hydrogens (tertiary/aromatic N) is 1. The minimum absolute atomic E-state index is 0.0495. The van der Waals surface area contributed by atoms with E-state index in [2.05, 4.69) is 22.5 Å². The number of nitrogens with one attached hydrogen (secondary N) is 2. The van der Waals surface area contributed by atoms with Crippen LogP contribution in [0, 0.1) is 24.6 Å². The fourth-order valence-electron chi connectivity index (χ4n) is 4.57. The molecule has 9 heteroatoms. The second-order valence-electron chi connectivity index (χ2n) is 8.70. The fourth-order valence-corrected chi connectivity index (χ4v) is 5.99. The molecule has 4 N–H and O–H groups in total. The molecule has 1 aliphatic heterocycles. The van der Waals surface area contributed by atoms with Crippen molar-refractivity contribution in [1.82, 2.24) is 4.98 Å². The lowest BCUT2D eigenvalue weighted by molar-refractivity contribution is 0.0698. The van der Waals surface area contributed by atoms with Gasteiger partial charge < -0.3 is 20.8 Å². The number of benzene rings is 1. The van der Waals surface area contributed by atoms with Crippen LogP contribution in [0.2, 0.25) is 0 Å². The summed E-state index contributed by atoms with van der Waals surface area (Å²) in [6.07, 6.45) is 3.90. The van der Waals surface area contributed by atoms with E-state index in [1.54, 1.807) is 24.8 Å². The lowest BCUT2D eigenvalue weighted by Gasteiger charge is -2.38. The minimum atomic E-state index is -1.17. The molecule has 2 heterocycles. The highest BCUT2D eigenvalue weighted by molar-refractivity contribution is 8.01. The number of hydrogen-bond acceptors (Lipinski definition) is 6. The van der Waals surface area contributed by atoms with Crippen LogP contribution in [0.15, 0.2) is 29.2 Å². The van der Waals surface area contributed by atoms with Gasteiger partial charge in [-0.2, -0.15) is 0 Å². The Labute approximate surface area is 189 Å². The van der Waals surface area contributed by atoms with Gasteiger partial charge in [0.15, 0.2) is 0 Å². The van der Waals surface area contributed by atoms with E-state index in [1.807, 2.05) is 0 Å². The van der Waals surface area contributed by atoms with Crippen molar-refractivity contribution in [2.75, 3.05) is 17.2 Å². The molecule has 1 amide bonds. The monoisotopic (exact) mass is 459 g/mol. The number of carbonyl (C=O) groups is 2. The van der Waals surface area contributed by atoms with E-state index in [-0.39, 0.29) is 28.4 Å². The van der Waals surface area contributed by atoms with Crippen molar-refractivity contribution in [3.63, 3.8) is 0 Å². The number of amides is 1. The molecule has 2 aromatic rings. The highest BCUT2D eigenvalue weighted by Crippen LogP contribution is 2.53. The zero-order valence-corrected chi connectivity index (χ0v) is 18.8. The van der Waals surface area contributed by atoms with Crippen LogP contribution in [0.1, 0.15) is 59.1 Å². The molecular weight excluding hydrogens is 433 g/mol. The average molecular weight is 460 g/mol. The van der Waals surface area contributed by atoms with E-state index in [0.29, 0.717) is 17.5 Å². The number of aliphatic hydroxyl groups excluding tert-OH is 1. The van der Waals surface area contributed by atoms with Crippen LogP contribution in [-0.4, -0.2) is 38.6 Å². The number of anilines is 2. The van der Waals surface area contributed by atoms with Crippen molar-refractivity contribution in [3.05, 3.63) is 47.0 Å². The summed E-state index contributed by atoms with van der Waals surface area (Å²) >= 11 is 1.62. The normalized spacial score (nSPS) is 24.5. The maximum absolute atomic E-state index is 13.7. The molecule has 4 rings (SSSR count). The van der Waals surface area contributed by atoms with Crippen molar-refractivity contribution < 1.29 is 24.2 Å². The number of thioether (sulfide) groups is 1. The number of aromatic nitrogens is 1. The molecular formula is C23H26FN3O4S. The van der Waals surface area contributed by atoms with E-state index in [9.17, 15) is 24.2 Å². The van der Waals surface area contributed by atoms with Crippen molar-refractivity contribution in [1.29, 1.82) is 0 Å². The van der Waals surface area contributed by atoms with Gasteiger partial charge in [0.1, 0.15) is 11.5 Å². The third-order valence-electron chi connectivity index (χ3n) is 6.34. The quantitative estimate of drug-likeness (QED) is 0.520. The number of aromatic carboxylic acids is 1. The maximum atomic E-state index is 13.7. The number of halogens is 1. The largest absolute Gasteiger partial charge is 0.478 e. The summed E-state index contributed by atoms with van der Waals surface area (Å²) in [4.78, 5) is 29.1. The van der Waals surface area contributed by atoms with E-state index in [0.717, 1.165) is 42.3 Å². The second kappa shape index (κ2) is 8.71. The van der Waals surface area contributed by atoms with Gasteiger partial charge in [0.25, 0.3) is 5.91 Å². The summed E-state index contributed by atoms with van der Waals surface area (Å²) in [7, 11) is 0. The molecule has 1 aliphatic carbocycles. The number of fused-ring (bicyclic) bond motifs is 1. The summed E-state index contributed by atoms with van der Waals surface area (Å²) in [6.45, 7) is 3.91. The average Bonchev–Trinajstić information content (AvgIpc) is 3.08. The summed E-state index contributed by atoms with van der Waals surface area (Å²) in [6, 6.07) is 5.43. The van der Waals surface area contributed by atoms with Gasteiger partial charge in [-0.1, -0.05) is 11.8 Å². The van der Waals surface area contributed by atoms with Crippen LogP contribution in [-0.2, 0) is 0 Å². The van der Waals surface area contributed by atoms with E-state index >= 15 is 0 Å². The third-order valence-corrected chi connectivity index (χ3v) is 7.76. The van der Waals surface area contributed by atoms with Gasteiger partial charge in [0.05, 0.1) is 16.1 Å². The Hall–Kier alpha value is -2.65. The number of aliphatic hydroxyl groups is 1. The number of carboxylic acid groups (broad SMARTS) is 1. The van der Waals surface area contributed by atoms with Crippen LogP contribution in [0.3, 0.4) is 0 Å².